The van der Waals surface area contributed by atoms with Crippen molar-refractivity contribution >= 4 is 11.6 Å². The van der Waals surface area contributed by atoms with Gasteiger partial charge in [-0.2, -0.15) is 0 Å². The second-order valence-electron chi connectivity index (χ2n) is 4.09. The monoisotopic (exact) mass is 281 g/mol. The van der Waals surface area contributed by atoms with Gasteiger partial charge in [0.25, 0.3) is 0 Å². The van der Waals surface area contributed by atoms with Crippen molar-refractivity contribution in [1.82, 2.24) is 4.98 Å². The molecular formula is C14H13ClFNO2. The van der Waals surface area contributed by atoms with Crippen molar-refractivity contribution < 1.29 is 14.2 Å². The molecule has 1 aromatic heterocycles. The van der Waals surface area contributed by atoms with E-state index in [1.807, 2.05) is 0 Å². The van der Waals surface area contributed by atoms with Gasteiger partial charge in [-0.15, -0.1) is 0 Å². The van der Waals surface area contributed by atoms with Crippen LogP contribution in [-0.2, 0) is 6.42 Å². The van der Waals surface area contributed by atoms with Crippen LogP contribution in [0, 0.1) is 5.82 Å². The molecule has 0 saturated heterocycles. The fourth-order valence-electron chi connectivity index (χ4n) is 1.72. The lowest BCUT2D eigenvalue weighted by Gasteiger charge is -2.12. The SMILES string of the molecule is COc1ccc(C(O)Cc2ccc(Cl)cc2F)cn1. The van der Waals surface area contributed by atoms with Crippen LogP contribution in [-0.4, -0.2) is 17.2 Å². The van der Waals surface area contributed by atoms with E-state index in [1.54, 1.807) is 24.3 Å². The maximum absolute atomic E-state index is 13.6. The molecule has 0 aliphatic rings. The number of benzene rings is 1. The first kappa shape index (κ1) is 13.8. The van der Waals surface area contributed by atoms with E-state index >= 15 is 0 Å². The molecule has 0 fully saturated rings. The Hall–Kier alpha value is -1.65. The number of halogens is 2. The van der Waals surface area contributed by atoms with E-state index in [4.69, 9.17) is 16.3 Å². The average Bonchev–Trinajstić information content (AvgIpc) is 2.42. The number of nitrogens with zero attached hydrogens (tertiary/aromatic N) is 1. The summed E-state index contributed by atoms with van der Waals surface area (Å²) in [6.45, 7) is 0. The number of pyridine rings is 1. The molecule has 0 radical (unpaired) electrons. The summed E-state index contributed by atoms with van der Waals surface area (Å²) in [5.74, 6) is 0.0432. The largest absolute Gasteiger partial charge is 0.481 e. The summed E-state index contributed by atoms with van der Waals surface area (Å²) in [5, 5.41) is 10.4. The van der Waals surface area contributed by atoms with Crippen molar-refractivity contribution in [1.29, 1.82) is 0 Å². The van der Waals surface area contributed by atoms with Crippen molar-refractivity contribution in [2.75, 3.05) is 7.11 Å². The molecule has 0 aliphatic carbocycles. The molecule has 1 unspecified atom stereocenters. The summed E-state index contributed by atoms with van der Waals surface area (Å²) in [5.41, 5.74) is 1.02. The smallest absolute Gasteiger partial charge is 0.212 e. The quantitative estimate of drug-likeness (QED) is 0.936. The first-order valence-electron chi connectivity index (χ1n) is 5.72. The van der Waals surface area contributed by atoms with E-state index < -0.39 is 11.9 Å². The topological polar surface area (TPSA) is 42.4 Å². The molecule has 1 N–H and O–H groups in total. The zero-order chi connectivity index (χ0) is 13.8. The highest BCUT2D eigenvalue weighted by molar-refractivity contribution is 6.30. The van der Waals surface area contributed by atoms with Crippen LogP contribution in [0.1, 0.15) is 17.2 Å². The molecule has 3 nitrogen and oxygen atoms in total. The van der Waals surface area contributed by atoms with Crippen LogP contribution in [0.25, 0.3) is 0 Å². The zero-order valence-corrected chi connectivity index (χ0v) is 11.1. The van der Waals surface area contributed by atoms with Crippen LogP contribution in [0.2, 0.25) is 5.02 Å². The number of methoxy groups -OCH3 is 1. The molecule has 0 bridgehead atoms. The number of aliphatic hydroxyl groups is 1. The molecule has 100 valence electrons. The maximum Gasteiger partial charge on any atom is 0.212 e. The minimum Gasteiger partial charge on any atom is -0.481 e. The van der Waals surface area contributed by atoms with Gasteiger partial charge in [0.1, 0.15) is 5.82 Å². The summed E-state index contributed by atoms with van der Waals surface area (Å²) in [6.07, 6.45) is 0.850. The number of hydrogen-bond acceptors (Lipinski definition) is 3. The third-order valence-corrected chi connectivity index (χ3v) is 3.02. The second-order valence-corrected chi connectivity index (χ2v) is 4.53. The molecule has 0 amide bonds. The second kappa shape index (κ2) is 5.99. The van der Waals surface area contributed by atoms with E-state index in [2.05, 4.69) is 4.98 Å². The fraction of sp³-hybridized carbons (Fsp3) is 0.214. The van der Waals surface area contributed by atoms with Crippen LogP contribution in [0.4, 0.5) is 4.39 Å². The minimum atomic E-state index is -0.825. The number of aliphatic hydroxyl groups excluding tert-OH is 1. The van der Waals surface area contributed by atoms with Gasteiger partial charge in [0.15, 0.2) is 0 Å². The Morgan fingerprint density at radius 2 is 2.16 bits per heavy atom. The first-order valence-corrected chi connectivity index (χ1v) is 6.10. The standard InChI is InChI=1S/C14H13ClFNO2/c1-19-14-5-3-10(8-17-14)13(18)6-9-2-4-11(15)7-12(9)16/h2-5,7-8,13,18H,6H2,1H3. The van der Waals surface area contributed by atoms with Gasteiger partial charge in [0.05, 0.1) is 13.2 Å². The lowest BCUT2D eigenvalue weighted by Crippen LogP contribution is -2.04. The molecule has 5 heteroatoms. The maximum atomic E-state index is 13.6. The molecule has 2 rings (SSSR count). The molecule has 19 heavy (non-hydrogen) atoms. The molecule has 0 aliphatic heterocycles. The van der Waals surface area contributed by atoms with Crippen molar-refractivity contribution in [3.63, 3.8) is 0 Å². The Kier molecular flexibility index (Phi) is 4.35. The van der Waals surface area contributed by atoms with Gasteiger partial charge in [-0.3, -0.25) is 0 Å². The summed E-state index contributed by atoms with van der Waals surface area (Å²) in [6, 6.07) is 7.74. The summed E-state index contributed by atoms with van der Waals surface area (Å²) in [4.78, 5) is 4.00. The Morgan fingerprint density at radius 1 is 1.37 bits per heavy atom. The van der Waals surface area contributed by atoms with Crippen LogP contribution in [0.3, 0.4) is 0 Å². The van der Waals surface area contributed by atoms with Crippen molar-refractivity contribution in [2.45, 2.75) is 12.5 Å². The Balaban J connectivity index is 2.13. The molecule has 1 heterocycles. The van der Waals surface area contributed by atoms with E-state index in [0.29, 0.717) is 22.0 Å². The van der Waals surface area contributed by atoms with Crippen molar-refractivity contribution in [2.24, 2.45) is 0 Å². The van der Waals surface area contributed by atoms with Gasteiger partial charge in [0, 0.05) is 23.7 Å². The van der Waals surface area contributed by atoms with Gasteiger partial charge in [-0.1, -0.05) is 17.7 Å². The minimum absolute atomic E-state index is 0.164. The number of ether oxygens (including phenoxy) is 1. The van der Waals surface area contributed by atoms with E-state index in [9.17, 15) is 9.50 Å². The number of aromatic nitrogens is 1. The average molecular weight is 282 g/mol. The first-order chi connectivity index (χ1) is 9.10. The van der Waals surface area contributed by atoms with Crippen LogP contribution < -0.4 is 4.74 Å². The normalized spacial score (nSPS) is 12.2. The van der Waals surface area contributed by atoms with E-state index in [0.717, 1.165) is 0 Å². The van der Waals surface area contributed by atoms with E-state index in [1.165, 1.54) is 19.4 Å². The van der Waals surface area contributed by atoms with Crippen molar-refractivity contribution in [3.8, 4) is 5.88 Å². The molecule has 0 spiro atoms. The summed E-state index contributed by atoms with van der Waals surface area (Å²) >= 11 is 5.68. The van der Waals surface area contributed by atoms with E-state index in [-0.39, 0.29) is 6.42 Å². The highest BCUT2D eigenvalue weighted by Gasteiger charge is 2.12. The van der Waals surface area contributed by atoms with Gasteiger partial charge in [-0.25, -0.2) is 9.37 Å². The highest BCUT2D eigenvalue weighted by atomic mass is 35.5. The molecular weight excluding hydrogens is 269 g/mol. The van der Waals surface area contributed by atoms with Crippen LogP contribution in [0.5, 0.6) is 5.88 Å². The lowest BCUT2D eigenvalue weighted by molar-refractivity contribution is 0.176. The fourth-order valence-corrected chi connectivity index (χ4v) is 1.88. The zero-order valence-electron chi connectivity index (χ0n) is 10.3. The Labute approximate surface area is 115 Å². The van der Waals surface area contributed by atoms with Crippen molar-refractivity contribution in [3.05, 3.63) is 58.5 Å². The lowest BCUT2D eigenvalue weighted by atomic mass is 10.0. The van der Waals surface area contributed by atoms with Crippen LogP contribution >= 0.6 is 11.6 Å². The predicted octanol–water partition coefficient (Wildman–Crippen LogP) is 3.16. The summed E-state index contributed by atoms with van der Waals surface area (Å²) in [7, 11) is 1.52. The Bertz CT molecular complexity index is 560. The Morgan fingerprint density at radius 3 is 2.74 bits per heavy atom. The third kappa shape index (κ3) is 3.43. The summed E-state index contributed by atoms with van der Waals surface area (Å²) < 4.78 is 18.5. The predicted molar refractivity (Wildman–Crippen MR) is 70.9 cm³/mol. The molecule has 1 atom stereocenters. The van der Waals surface area contributed by atoms with Gasteiger partial charge in [-0.05, 0) is 29.3 Å². The van der Waals surface area contributed by atoms with Gasteiger partial charge in [0.2, 0.25) is 5.88 Å². The van der Waals surface area contributed by atoms with Gasteiger partial charge < -0.3 is 9.84 Å². The van der Waals surface area contributed by atoms with Crippen LogP contribution in [0.15, 0.2) is 36.5 Å². The number of hydrogen-bond donors (Lipinski definition) is 1. The third-order valence-electron chi connectivity index (χ3n) is 2.78. The number of rotatable bonds is 4. The highest BCUT2D eigenvalue weighted by Crippen LogP contribution is 2.22. The van der Waals surface area contributed by atoms with Gasteiger partial charge >= 0.3 is 0 Å². The molecule has 1 aromatic carbocycles. The molecule has 2 aromatic rings. The molecule has 0 saturated carbocycles.